The Kier molecular flexibility index (Phi) is 5.16. The van der Waals surface area contributed by atoms with Gasteiger partial charge < -0.3 is 11.5 Å². The molecule has 0 rings (SSSR count). The molecular formula is C7H14N2S. The van der Waals surface area contributed by atoms with Gasteiger partial charge in [-0.15, -0.1) is 6.58 Å². The maximum Gasteiger partial charge on any atom is 0.0297 e. The monoisotopic (exact) mass is 158 g/mol. The van der Waals surface area contributed by atoms with Crippen molar-refractivity contribution in [2.45, 2.75) is 12.5 Å². The minimum Gasteiger partial charge on any atom is -0.402 e. The minimum absolute atomic E-state index is 0.0124. The van der Waals surface area contributed by atoms with E-state index in [0.29, 0.717) is 5.75 Å². The van der Waals surface area contributed by atoms with Crippen molar-refractivity contribution in [1.29, 1.82) is 0 Å². The zero-order chi connectivity index (χ0) is 7.98. The van der Waals surface area contributed by atoms with E-state index in [1.54, 1.807) is 6.08 Å². The van der Waals surface area contributed by atoms with E-state index in [9.17, 15) is 0 Å². The predicted molar refractivity (Wildman–Crippen MR) is 48.9 cm³/mol. The molecule has 58 valence electrons. The molecule has 0 fully saturated rings. The number of thiol groups is 1. The van der Waals surface area contributed by atoms with Crippen LogP contribution in [0.25, 0.3) is 0 Å². The number of nitrogens with two attached hydrogens (primary N) is 2. The average molecular weight is 158 g/mol. The molecule has 0 radical (unpaired) electrons. The Labute approximate surface area is 67.4 Å². The Morgan fingerprint density at radius 3 is 2.70 bits per heavy atom. The van der Waals surface area contributed by atoms with E-state index in [-0.39, 0.29) is 6.04 Å². The van der Waals surface area contributed by atoms with E-state index in [1.807, 2.05) is 6.08 Å². The van der Waals surface area contributed by atoms with E-state index >= 15 is 0 Å². The van der Waals surface area contributed by atoms with Crippen LogP contribution in [-0.4, -0.2) is 11.8 Å². The van der Waals surface area contributed by atoms with Crippen molar-refractivity contribution < 1.29 is 0 Å². The normalized spacial score (nSPS) is 14.8. The van der Waals surface area contributed by atoms with Crippen molar-refractivity contribution in [2.75, 3.05) is 5.75 Å². The molecule has 10 heavy (non-hydrogen) atoms. The van der Waals surface area contributed by atoms with Crippen LogP contribution in [-0.2, 0) is 0 Å². The smallest absolute Gasteiger partial charge is 0.0297 e. The molecule has 0 amide bonds. The topological polar surface area (TPSA) is 52.0 Å². The Morgan fingerprint density at radius 2 is 2.30 bits per heavy atom. The second-order valence-corrected chi connectivity index (χ2v) is 2.39. The number of hydrogen-bond acceptors (Lipinski definition) is 3. The molecule has 0 aliphatic heterocycles. The summed E-state index contributed by atoms with van der Waals surface area (Å²) in [4.78, 5) is 0. The summed E-state index contributed by atoms with van der Waals surface area (Å²) in [6.07, 6.45) is 4.32. The number of hydrogen-bond donors (Lipinski definition) is 3. The molecule has 1 atom stereocenters. The first-order valence-corrected chi connectivity index (χ1v) is 3.77. The molecule has 0 aromatic rings. The van der Waals surface area contributed by atoms with Crippen LogP contribution >= 0.6 is 12.6 Å². The van der Waals surface area contributed by atoms with Gasteiger partial charge in [0.05, 0.1) is 0 Å². The van der Waals surface area contributed by atoms with E-state index in [2.05, 4.69) is 19.2 Å². The molecular weight excluding hydrogens is 144 g/mol. The van der Waals surface area contributed by atoms with Gasteiger partial charge in [0, 0.05) is 17.5 Å². The fraction of sp³-hybridized carbons (Fsp3) is 0.429. The van der Waals surface area contributed by atoms with E-state index < -0.39 is 0 Å². The minimum atomic E-state index is 0.0124. The third kappa shape index (κ3) is 4.47. The summed E-state index contributed by atoms with van der Waals surface area (Å²) < 4.78 is 0. The first-order chi connectivity index (χ1) is 4.70. The highest BCUT2D eigenvalue weighted by atomic mass is 32.1. The maximum atomic E-state index is 5.53. The Hall–Kier alpha value is -0.410. The Morgan fingerprint density at radius 1 is 1.70 bits per heavy atom. The summed E-state index contributed by atoms with van der Waals surface area (Å²) in [5.74, 6) is 0.587. The molecule has 0 heterocycles. The van der Waals surface area contributed by atoms with Gasteiger partial charge in [0.2, 0.25) is 0 Å². The number of rotatable bonds is 4. The molecule has 0 aromatic heterocycles. The molecule has 4 N–H and O–H groups in total. The van der Waals surface area contributed by atoms with Crippen molar-refractivity contribution >= 4 is 12.6 Å². The van der Waals surface area contributed by atoms with Gasteiger partial charge in [0.25, 0.3) is 0 Å². The molecule has 2 nitrogen and oxygen atoms in total. The lowest BCUT2D eigenvalue weighted by molar-refractivity contribution is 0.830. The summed E-state index contributed by atoms with van der Waals surface area (Å²) in [5.41, 5.74) is 11.8. The molecule has 0 saturated heterocycles. The van der Waals surface area contributed by atoms with Gasteiger partial charge in [0.1, 0.15) is 0 Å². The fourth-order valence-electron chi connectivity index (χ4n) is 0.448. The van der Waals surface area contributed by atoms with Crippen LogP contribution in [0.2, 0.25) is 0 Å². The van der Waals surface area contributed by atoms with Gasteiger partial charge in [-0.3, -0.25) is 0 Å². The molecule has 1 unspecified atom stereocenters. The largest absolute Gasteiger partial charge is 0.402 e. The predicted octanol–water partition coefficient (Wildman–Crippen LogP) is 0.662. The third-order valence-electron chi connectivity index (χ3n) is 1.14. The highest BCUT2D eigenvalue weighted by Crippen LogP contribution is 1.95. The molecule has 0 spiro atoms. The van der Waals surface area contributed by atoms with Crippen molar-refractivity contribution in [1.82, 2.24) is 0 Å². The summed E-state index contributed by atoms with van der Waals surface area (Å²) in [5, 5.41) is 0. The molecule has 0 bridgehead atoms. The first kappa shape index (κ1) is 9.59. The second kappa shape index (κ2) is 5.38. The van der Waals surface area contributed by atoms with Gasteiger partial charge in [-0.05, 0) is 6.42 Å². The highest BCUT2D eigenvalue weighted by Gasteiger charge is 1.92. The lowest BCUT2D eigenvalue weighted by atomic mass is 10.2. The molecule has 0 aliphatic carbocycles. The van der Waals surface area contributed by atoms with Crippen molar-refractivity contribution in [3.8, 4) is 0 Å². The van der Waals surface area contributed by atoms with Gasteiger partial charge in [-0.1, -0.05) is 12.2 Å². The van der Waals surface area contributed by atoms with E-state index in [0.717, 1.165) is 12.1 Å². The zero-order valence-corrected chi connectivity index (χ0v) is 6.85. The van der Waals surface area contributed by atoms with Gasteiger partial charge in [-0.2, -0.15) is 12.6 Å². The van der Waals surface area contributed by atoms with Crippen LogP contribution in [0, 0.1) is 0 Å². The molecule has 0 aliphatic rings. The maximum absolute atomic E-state index is 5.53. The first-order valence-electron chi connectivity index (χ1n) is 3.14. The summed E-state index contributed by atoms with van der Waals surface area (Å²) in [6.45, 7) is 3.55. The zero-order valence-electron chi connectivity index (χ0n) is 5.96. The summed E-state index contributed by atoms with van der Waals surface area (Å²) in [6, 6.07) is 0.0124. The Balaban J connectivity index is 3.60. The lowest BCUT2D eigenvalue weighted by Gasteiger charge is -2.00. The van der Waals surface area contributed by atoms with Crippen LogP contribution < -0.4 is 11.5 Å². The van der Waals surface area contributed by atoms with Crippen molar-refractivity contribution in [3.63, 3.8) is 0 Å². The van der Waals surface area contributed by atoms with E-state index in [1.165, 1.54) is 0 Å². The lowest BCUT2D eigenvalue weighted by Crippen LogP contribution is -2.15. The van der Waals surface area contributed by atoms with Gasteiger partial charge in [0.15, 0.2) is 0 Å². The standard InChI is InChI=1S/C7H14N2S/c1-2-6(8)3-4-7(9)5-10/h2,4,6,10H,1,3,5,8-9H2/b7-4+. The van der Waals surface area contributed by atoms with Crippen LogP contribution in [0.3, 0.4) is 0 Å². The average Bonchev–Trinajstić information content (AvgIpc) is 1.99. The highest BCUT2D eigenvalue weighted by molar-refractivity contribution is 7.80. The molecule has 3 heteroatoms. The quantitative estimate of drug-likeness (QED) is 0.416. The second-order valence-electron chi connectivity index (χ2n) is 2.07. The van der Waals surface area contributed by atoms with Crippen molar-refractivity contribution in [2.24, 2.45) is 11.5 Å². The van der Waals surface area contributed by atoms with Gasteiger partial charge in [-0.25, -0.2) is 0 Å². The van der Waals surface area contributed by atoms with Crippen LogP contribution in [0.5, 0.6) is 0 Å². The summed E-state index contributed by atoms with van der Waals surface area (Å²) in [7, 11) is 0. The fourth-order valence-corrected chi connectivity index (χ4v) is 0.577. The van der Waals surface area contributed by atoms with Crippen LogP contribution in [0.1, 0.15) is 6.42 Å². The van der Waals surface area contributed by atoms with Crippen LogP contribution in [0.4, 0.5) is 0 Å². The van der Waals surface area contributed by atoms with Crippen LogP contribution in [0.15, 0.2) is 24.4 Å². The van der Waals surface area contributed by atoms with Crippen molar-refractivity contribution in [3.05, 3.63) is 24.4 Å². The Bertz CT molecular complexity index is 132. The summed E-state index contributed by atoms with van der Waals surface area (Å²) >= 11 is 3.99. The molecule has 0 aromatic carbocycles. The van der Waals surface area contributed by atoms with E-state index in [4.69, 9.17) is 11.5 Å². The van der Waals surface area contributed by atoms with Gasteiger partial charge >= 0.3 is 0 Å². The SMILES string of the molecule is C=CC(N)C/C=C(/N)CS. The third-order valence-corrected chi connectivity index (χ3v) is 1.50. The molecule has 0 saturated carbocycles.